The second kappa shape index (κ2) is 9.30. The van der Waals surface area contributed by atoms with Crippen LogP contribution in [0.5, 0.6) is 11.5 Å². The Balaban J connectivity index is 1.29. The molecule has 0 saturated heterocycles. The molecular weight excluding hydrogens is 444 g/mol. The van der Waals surface area contributed by atoms with Crippen LogP contribution in [0.4, 0.5) is 0 Å². The number of nitrogens with zero attached hydrogens (tertiary/aromatic N) is 2. The monoisotopic (exact) mass is 466 g/mol. The van der Waals surface area contributed by atoms with Gasteiger partial charge in [0, 0.05) is 30.0 Å². The molecule has 1 N–H and O–H groups in total. The van der Waals surface area contributed by atoms with Crippen molar-refractivity contribution in [3.63, 3.8) is 0 Å². The molecule has 174 valence electrons. The molecule has 3 aromatic carbocycles. The van der Waals surface area contributed by atoms with Crippen LogP contribution in [0, 0.1) is 0 Å². The third-order valence-electron chi connectivity index (χ3n) is 5.79. The van der Waals surface area contributed by atoms with Crippen molar-refractivity contribution in [3.05, 3.63) is 112 Å². The number of rotatable bonds is 7. The molecule has 7 heteroatoms. The van der Waals surface area contributed by atoms with Crippen molar-refractivity contribution in [1.82, 2.24) is 9.55 Å². The molecule has 0 saturated carbocycles. The third-order valence-corrected chi connectivity index (χ3v) is 5.79. The van der Waals surface area contributed by atoms with Crippen LogP contribution in [-0.2, 0) is 20.3 Å². The Bertz CT molecular complexity index is 1620. The summed E-state index contributed by atoms with van der Waals surface area (Å²) in [6.45, 7) is 0.628. The van der Waals surface area contributed by atoms with Gasteiger partial charge in [-0.2, -0.15) is 0 Å². The number of aromatic carboxylic acids is 1. The van der Waals surface area contributed by atoms with E-state index < -0.39 is 5.97 Å². The van der Waals surface area contributed by atoms with Gasteiger partial charge in [-0.25, -0.2) is 9.78 Å². The predicted molar refractivity (Wildman–Crippen MR) is 133 cm³/mol. The Morgan fingerprint density at radius 2 is 1.69 bits per heavy atom. The smallest absolute Gasteiger partial charge is 0.352 e. The maximum Gasteiger partial charge on any atom is 0.352 e. The molecule has 0 spiro atoms. The molecule has 0 aliphatic heterocycles. The lowest BCUT2D eigenvalue weighted by molar-refractivity contribution is 0.0686. The van der Waals surface area contributed by atoms with Crippen molar-refractivity contribution in [2.24, 2.45) is 7.05 Å². The van der Waals surface area contributed by atoms with E-state index in [0.29, 0.717) is 29.0 Å². The first-order valence-corrected chi connectivity index (χ1v) is 11.0. The van der Waals surface area contributed by atoms with E-state index in [1.807, 2.05) is 60.7 Å². The highest BCUT2D eigenvalue weighted by Crippen LogP contribution is 2.22. The van der Waals surface area contributed by atoms with E-state index in [1.165, 1.54) is 4.57 Å². The summed E-state index contributed by atoms with van der Waals surface area (Å²) in [5.74, 6) is 0.0725. The maximum atomic E-state index is 12.3. The van der Waals surface area contributed by atoms with Gasteiger partial charge in [-0.05, 0) is 42.0 Å². The van der Waals surface area contributed by atoms with Crippen molar-refractivity contribution in [3.8, 4) is 11.5 Å². The lowest BCUT2D eigenvalue weighted by atomic mass is 10.1. The molecule has 0 radical (unpaired) electrons. The number of benzene rings is 3. The lowest BCUT2D eigenvalue weighted by Gasteiger charge is -2.12. The van der Waals surface area contributed by atoms with Crippen molar-refractivity contribution in [2.75, 3.05) is 0 Å². The standard InChI is InChI=1S/C28H22N2O5/c1-30-25-14-22(11-12-23(25)27(31)15-26(30)28(32)33)34-16-18-5-4-7-21(13-18)35-17-20-10-9-19-6-2-3-8-24(19)29-20/h2-15H,16-17H2,1H3,(H,32,33). The Labute approximate surface area is 200 Å². The van der Waals surface area contributed by atoms with Crippen molar-refractivity contribution in [2.45, 2.75) is 13.2 Å². The fourth-order valence-electron chi connectivity index (χ4n) is 3.96. The SMILES string of the molecule is Cn1c(C(=O)O)cc(=O)c2ccc(OCc3cccc(OCc4ccc5ccccc5n4)c3)cc21. The van der Waals surface area contributed by atoms with Crippen molar-refractivity contribution in [1.29, 1.82) is 0 Å². The number of ether oxygens (including phenoxy) is 2. The molecule has 35 heavy (non-hydrogen) atoms. The molecule has 0 atom stereocenters. The normalized spacial score (nSPS) is 11.0. The summed E-state index contributed by atoms with van der Waals surface area (Å²) in [5.41, 5.74) is 2.75. The highest BCUT2D eigenvalue weighted by molar-refractivity contribution is 5.90. The molecule has 5 aromatic rings. The number of hydrogen-bond acceptors (Lipinski definition) is 5. The van der Waals surface area contributed by atoms with E-state index in [-0.39, 0.29) is 17.7 Å². The lowest BCUT2D eigenvalue weighted by Crippen LogP contribution is -2.15. The average molecular weight is 466 g/mol. The van der Waals surface area contributed by atoms with Crippen LogP contribution in [0.15, 0.2) is 89.7 Å². The minimum Gasteiger partial charge on any atom is -0.489 e. The van der Waals surface area contributed by atoms with Gasteiger partial charge in [0.25, 0.3) is 0 Å². The van der Waals surface area contributed by atoms with Crippen LogP contribution < -0.4 is 14.9 Å². The van der Waals surface area contributed by atoms with E-state index in [4.69, 9.17) is 9.47 Å². The number of carbonyl (C=O) groups is 1. The Morgan fingerprint density at radius 3 is 2.54 bits per heavy atom. The zero-order chi connectivity index (χ0) is 24.4. The van der Waals surface area contributed by atoms with Crippen LogP contribution in [0.3, 0.4) is 0 Å². The molecule has 0 unspecified atom stereocenters. The van der Waals surface area contributed by atoms with Crippen molar-refractivity contribution >= 4 is 27.8 Å². The molecular formula is C28H22N2O5. The molecule has 7 nitrogen and oxygen atoms in total. The van der Waals surface area contributed by atoms with Gasteiger partial charge in [0.15, 0.2) is 5.43 Å². The minimum absolute atomic E-state index is 0.0783. The Hall–Kier alpha value is -4.65. The molecule has 2 heterocycles. The summed E-state index contributed by atoms with van der Waals surface area (Å²) >= 11 is 0. The summed E-state index contributed by atoms with van der Waals surface area (Å²) in [4.78, 5) is 28.4. The number of aromatic nitrogens is 2. The fraction of sp³-hybridized carbons (Fsp3) is 0.107. The quantitative estimate of drug-likeness (QED) is 0.365. The van der Waals surface area contributed by atoms with Gasteiger partial charge in [0.2, 0.25) is 0 Å². The summed E-state index contributed by atoms with van der Waals surface area (Å²) in [6, 6.07) is 25.7. The van der Waals surface area contributed by atoms with Gasteiger partial charge < -0.3 is 19.1 Å². The van der Waals surface area contributed by atoms with Crippen LogP contribution >= 0.6 is 0 Å². The number of pyridine rings is 2. The number of hydrogen-bond donors (Lipinski definition) is 1. The molecule has 2 aromatic heterocycles. The van der Waals surface area contributed by atoms with Gasteiger partial charge >= 0.3 is 5.97 Å². The van der Waals surface area contributed by atoms with Gasteiger partial charge in [-0.1, -0.05) is 36.4 Å². The van der Waals surface area contributed by atoms with Gasteiger partial charge in [0.05, 0.1) is 16.7 Å². The largest absolute Gasteiger partial charge is 0.489 e. The average Bonchev–Trinajstić information content (AvgIpc) is 2.88. The van der Waals surface area contributed by atoms with E-state index in [0.717, 1.165) is 28.2 Å². The van der Waals surface area contributed by atoms with E-state index in [1.54, 1.807) is 25.2 Å². The van der Waals surface area contributed by atoms with E-state index in [9.17, 15) is 14.7 Å². The fourth-order valence-corrected chi connectivity index (χ4v) is 3.96. The first-order valence-electron chi connectivity index (χ1n) is 11.0. The van der Waals surface area contributed by atoms with Crippen LogP contribution in [0.1, 0.15) is 21.7 Å². The van der Waals surface area contributed by atoms with Crippen molar-refractivity contribution < 1.29 is 19.4 Å². The topological polar surface area (TPSA) is 90.7 Å². The number of carboxylic acids is 1. The number of fused-ring (bicyclic) bond motifs is 2. The molecule has 0 aliphatic carbocycles. The second-order valence-electron chi connectivity index (χ2n) is 8.16. The molecule has 0 fully saturated rings. The molecule has 0 amide bonds. The summed E-state index contributed by atoms with van der Waals surface area (Å²) < 4.78 is 13.3. The summed E-state index contributed by atoms with van der Waals surface area (Å²) in [6.07, 6.45) is 0. The van der Waals surface area contributed by atoms with Crippen LogP contribution in [-0.4, -0.2) is 20.6 Å². The molecule has 0 aliphatic rings. The summed E-state index contributed by atoms with van der Waals surface area (Å²) in [7, 11) is 1.61. The highest BCUT2D eigenvalue weighted by atomic mass is 16.5. The molecule has 5 rings (SSSR count). The maximum absolute atomic E-state index is 12.3. The third kappa shape index (κ3) is 4.70. The van der Waals surface area contributed by atoms with Crippen LogP contribution in [0.2, 0.25) is 0 Å². The predicted octanol–water partition coefficient (Wildman–Crippen LogP) is 4.94. The van der Waals surface area contributed by atoms with E-state index >= 15 is 0 Å². The zero-order valence-electron chi connectivity index (χ0n) is 19.0. The zero-order valence-corrected chi connectivity index (χ0v) is 19.0. The van der Waals surface area contributed by atoms with E-state index in [2.05, 4.69) is 4.98 Å². The highest BCUT2D eigenvalue weighted by Gasteiger charge is 2.13. The number of carboxylic acid groups (broad SMARTS) is 1. The second-order valence-corrected chi connectivity index (χ2v) is 8.16. The van der Waals surface area contributed by atoms with Crippen LogP contribution in [0.25, 0.3) is 21.8 Å². The minimum atomic E-state index is -1.16. The summed E-state index contributed by atoms with van der Waals surface area (Å²) in [5, 5.41) is 10.9. The Kier molecular flexibility index (Phi) is 5.89. The van der Waals surface area contributed by atoms with Gasteiger partial charge in [-0.15, -0.1) is 0 Å². The van der Waals surface area contributed by atoms with Gasteiger partial charge in [0.1, 0.15) is 30.4 Å². The number of para-hydroxylation sites is 1. The number of aryl methyl sites for hydroxylation is 1. The van der Waals surface area contributed by atoms with Gasteiger partial charge in [-0.3, -0.25) is 4.79 Å². The Morgan fingerprint density at radius 1 is 0.886 bits per heavy atom. The first-order chi connectivity index (χ1) is 17.0. The molecule has 0 bridgehead atoms. The first kappa shape index (κ1) is 22.2.